The van der Waals surface area contributed by atoms with E-state index in [1.54, 1.807) is 0 Å². The number of likely N-dealkylation sites (tertiary alicyclic amines) is 1. The van der Waals surface area contributed by atoms with E-state index in [0.717, 1.165) is 26.1 Å². The maximum absolute atomic E-state index is 12.1. The van der Waals surface area contributed by atoms with Crippen molar-refractivity contribution in [3.63, 3.8) is 0 Å². The lowest BCUT2D eigenvalue weighted by Crippen LogP contribution is -2.53. The van der Waals surface area contributed by atoms with Crippen molar-refractivity contribution in [1.82, 2.24) is 10.2 Å². The normalized spacial score (nSPS) is 34.6. The van der Waals surface area contributed by atoms with E-state index in [0.29, 0.717) is 18.6 Å². The topological polar surface area (TPSA) is 41.6 Å². The van der Waals surface area contributed by atoms with Gasteiger partial charge in [0.1, 0.15) is 6.04 Å². The Hall–Kier alpha value is -0.320. The van der Waals surface area contributed by atoms with E-state index >= 15 is 0 Å². The molecule has 3 atom stereocenters. The third-order valence-corrected chi connectivity index (χ3v) is 3.64. The molecule has 2 aliphatic heterocycles. The summed E-state index contributed by atoms with van der Waals surface area (Å²) >= 11 is 0. The Kier molecular flexibility index (Phi) is 5.02. The molecule has 0 aliphatic carbocycles. The molecule has 0 spiro atoms. The monoisotopic (exact) mass is 248 g/mol. The zero-order chi connectivity index (χ0) is 10.8. The predicted molar refractivity (Wildman–Crippen MR) is 64.8 cm³/mol. The van der Waals surface area contributed by atoms with E-state index in [9.17, 15) is 4.79 Å². The molecule has 0 bridgehead atoms. The summed E-state index contributed by atoms with van der Waals surface area (Å²) in [5.74, 6) is 0.838. The fourth-order valence-electron chi connectivity index (χ4n) is 2.33. The number of carbonyl (C=O) groups excluding carboxylic acids is 1. The van der Waals surface area contributed by atoms with Gasteiger partial charge >= 0.3 is 0 Å². The largest absolute Gasteiger partial charge is 0.378 e. The number of hydrogen-bond acceptors (Lipinski definition) is 3. The summed E-state index contributed by atoms with van der Waals surface area (Å²) in [6, 6.07) is 0.257. The van der Waals surface area contributed by atoms with Crippen LogP contribution < -0.4 is 5.32 Å². The zero-order valence-electron chi connectivity index (χ0n) is 9.94. The molecule has 0 saturated carbocycles. The first-order valence-corrected chi connectivity index (χ1v) is 5.81. The highest BCUT2D eigenvalue weighted by atomic mass is 35.5. The van der Waals surface area contributed by atoms with Gasteiger partial charge in [0.05, 0.1) is 13.2 Å². The molecular formula is C11H21ClN2O2. The predicted octanol–water partition coefficient (Wildman–Crippen LogP) is 0.653. The van der Waals surface area contributed by atoms with E-state index < -0.39 is 0 Å². The fraction of sp³-hybridized carbons (Fsp3) is 0.909. The molecule has 4 nitrogen and oxygen atoms in total. The second-order valence-electron chi connectivity index (χ2n) is 4.62. The molecule has 2 rings (SSSR count). The molecule has 1 N–H and O–H groups in total. The Balaban J connectivity index is 0.00000128. The van der Waals surface area contributed by atoms with Gasteiger partial charge < -0.3 is 15.0 Å². The average molecular weight is 249 g/mol. The molecule has 0 aromatic rings. The standard InChI is InChI=1S/C11H20N2O2.ClH/c1-8-3-5-13(9(8)2)11(14)10-7-15-6-4-12-10;/h8-10,12H,3-7H2,1-2H3;1H. The number of carbonyl (C=O) groups is 1. The molecule has 16 heavy (non-hydrogen) atoms. The fourth-order valence-corrected chi connectivity index (χ4v) is 2.33. The molecule has 94 valence electrons. The molecule has 3 unspecified atom stereocenters. The van der Waals surface area contributed by atoms with Crippen LogP contribution >= 0.6 is 12.4 Å². The summed E-state index contributed by atoms with van der Waals surface area (Å²) in [6.45, 7) is 7.28. The number of halogens is 1. The summed E-state index contributed by atoms with van der Waals surface area (Å²) < 4.78 is 5.31. The minimum atomic E-state index is -0.119. The van der Waals surface area contributed by atoms with Gasteiger partial charge in [-0.15, -0.1) is 12.4 Å². The van der Waals surface area contributed by atoms with E-state index in [1.165, 1.54) is 0 Å². The van der Waals surface area contributed by atoms with Crippen LogP contribution in [-0.4, -0.2) is 49.2 Å². The van der Waals surface area contributed by atoms with Crippen LogP contribution in [0.25, 0.3) is 0 Å². The number of amides is 1. The maximum atomic E-state index is 12.1. The molecule has 0 radical (unpaired) electrons. The van der Waals surface area contributed by atoms with Gasteiger partial charge in [-0.25, -0.2) is 0 Å². The number of nitrogens with zero attached hydrogens (tertiary/aromatic N) is 1. The first-order chi connectivity index (χ1) is 7.20. The summed E-state index contributed by atoms with van der Waals surface area (Å²) in [4.78, 5) is 14.1. The lowest BCUT2D eigenvalue weighted by atomic mass is 10.1. The van der Waals surface area contributed by atoms with Gasteiger partial charge in [0, 0.05) is 19.1 Å². The molecule has 0 aromatic heterocycles. The van der Waals surface area contributed by atoms with Crippen molar-refractivity contribution in [1.29, 1.82) is 0 Å². The van der Waals surface area contributed by atoms with E-state index in [-0.39, 0.29) is 24.4 Å². The number of rotatable bonds is 1. The second-order valence-corrected chi connectivity index (χ2v) is 4.62. The van der Waals surface area contributed by atoms with Gasteiger partial charge in [-0.05, 0) is 19.3 Å². The van der Waals surface area contributed by atoms with Crippen molar-refractivity contribution in [3.8, 4) is 0 Å². The maximum Gasteiger partial charge on any atom is 0.242 e. The van der Waals surface area contributed by atoms with E-state index in [1.807, 2.05) is 4.90 Å². The number of morpholine rings is 1. The lowest BCUT2D eigenvalue weighted by molar-refractivity contribution is -0.137. The van der Waals surface area contributed by atoms with Gasteiger partial charge in [-0.2, -0.15) is 0 Å². The Labute approximate surface area is 103 Å². The molecule has 2 heterocycles. The molecule has 2 aliphatic rings. The van der Waals surface area contributed by atoms with Crippen LogP contribution in [0, 0.1) is 5.92 Å². The Morgan fingerprint density at radius 3 is 2.69 bits per heavy atom. The van der Waals surface area contributed by atoms with Gasteiger partial charge in [-0.1, -0.05) is 6.92 Å². The number of nitrogens with one attached hydrogen (secondary N) is 1. The van der Waals surface area contributed by atoms with Crippen molar-refractivity contribution in [2.75, 3.05) is 26.3 Å². The summed E-state index contributed by atoms with van der Waals surface area (Å²) in [5, 5.41) is 3.21. The summed E-state index contributed by atoms with van der Waals surface area (Å²) in [6.07, 6.45) is 1.13. The van der Waals surface area contributed by atoms with Crippen molar-refractivity contribution in [2.24, 2.45) is 5.92 Å². The van der Waals surface area contributed by atoms with Crippen LogP contribution in [-0.2, 0) is 9.53 Å². The molecule has 2 fully saturated rings. The van der Waals surface area contributed by atoms with Crippen molar-refractivity contribution >= 4 is 18.3 Å². The Morgan fingerprint density at radius 1 is 1.44 bits per heavy atom. The molecule has 1 amide bonds. The van der Waals surface area contributed by atoms with E-state index in [4.69, 9.17) is 4.74 Å². The smallest absolute Gasteiger partial charge is 0.242 e. The highest BCUT2D eigenvalue weighted by Crippen LogP contribution is 2.24. The van der Waals surface area contributed by atoms with Crippen LogP contribution in [0.2, 0.25) is 0 Å². The van der Waals surface area contributed by atoms with Crippen LogP contribution in [0.15, 0.2) is 0 Å². The van der Waals surface area contributed by atoms with Crippen LogP contribution in [0.5, 0.6) is 0 Å². The zero-order valence-corrected chi connectivity index (χ0v) is 10.8. The van der Waals surface area contributed by atoms with Gasteiger partial charge in [-0.3, -0.25) is 4.79 Å². The SMILES string of the molecule is CC1CCN(C(=O)C2COCCN2)C1C.Cl. The quantitative estimate of drug-likeness (QED) is 0.741. The summed E-state index contributed by atoms with van der Waals surface area (Å²) in [7, 11) is 0. The Morgan fingerprint density at radius 2 is 2.19 bits per heavy atom. The average Bonchev–Trinajstić information content (AvgIpc) is 2.60. The van der Waals surface area contributed by atoms with Crippen LogP contribution in [0.1, 0.15) is 20.3 Å². The minimum absolute atomic E-state index is 0. The van der Waals surface area contributed by atoms with Crippen LogP contribution in [0.3, 0.4) is 0 Å². The third kappa shape index (κ3) is 2.67. The first-order valence-electron chi connectivity index (χ1n) is 5.81. The van der Waals surface area contributed by atoms with Gasteiger partial charge in [0.15, 0.2) is 0 Å². The van der Waals surface area contributed by atoms with E-state index in [2.05, 4.69) is 19.2 Å². The lowest BCUT2D eigenvalue weighted by Gasteiger charge is -2.30. The van der Waals surface area contributed by atoms with Gasteiger partial charge in [0.2, 0.25) is 5.91 Å². The minimum Gasteiger partial charge on any atom is -0.378 e. The number of ether oxygens (including phenoxy) is 1. The second kappa shape index (κ2) is 5.84. The third-order valence-electron chi connectivity index (χ3n) is 3.64. The molecule has 2 saturated heterocycles. The molecular weight excluding hydrogens is 228 g/mol. The van der Waals surface area contributed by atoms with Crippen molar-refractivity contribution < 1.29 is 9.53 Å². The molecule has 0 aromatic carbocycles. The van der Waals surface area contributed by atoms with Crippen molar-refractivity contribution in [2.45, 2.75) is 32.4 Å². The highest BCUT2D eigenvalue weighted by Gasteiger charge is 2.35. The highest BCUT2D eigenvalue weighted by molar-refractivity contribution is 5.85. The number of hydrogen-bond donors (Lipinski definition) is 1. The molecule has 5 heteroatoms. The van der Waals surface area contributed by atoms with Gasteiger partial charge in [0.25, 0.3) is 0 Å². The van der Waals surface area contributed by atoms with Crippen molar-refractivity contribution in [3.05, 3.63) is 0 Å². The summed E-state index contributed by atoms with van der Waals surface area (Å²) in [5.41, 5.74) is 0. The van der Waals surface area contributed by atoms with Crippen LogP contribution in [0.4, 0.5) is 0 Å². The Bertz CT molecular complexity index is 244. The first kappa shape index (κ1) is 13.7.